The van der Waals surface area contributed by atoms with Crippen molar-refractivity contribution in [2.45, 2.75) is 51.0 Å². The first-order valence-electron chi connectivity index (χ1n) is 8.43. The quantitative estimate of drug-likeness (QED) is 0.839. The third-order valence-corrected chi connectivity index (χ3v) is 5.62. The van der Waals surface area contributed by atoms with Crippen LogP contribution < -0.4 is 5.73 Å². The minimum absolute atomic E-state index is 0.466. The first-order chi connectivity index (χ1) is 10.2. The molecule has 1 aromatic carbocycles. The predicted octanol–water partition coefficient (Wildman–Crippen LogP) is 3.35. The maximum Gasteiger partial charge on any atom is 0.0936 e. The summed E-state index contributed by atoms with van der Waals surface area (Å²) in [5.74, 6) is 0. The molecule has 2 aliphatic rings. The van der Waals surface area contributed by atoms with E-state index in [0.29, 0.717) is 17.6 Å². The number of anilines is 1. The summed E-state index contributed by atoms with van der Waals surface area (Å²) in [6.07, 6.45) is 9.27. The molecule has 3 heteroatoms. The number of hydrogen-bond donors (Lipinski definition) is 2. The van der Waals surface area contributed by atoms with Crippen LogP contribution in [0.15, 0.2) is 24.3 Å². The van der Waals surface area contributed by atoms with Crippen LogP contribution in [0, 0.1) is 5.41 Å². The number of aliphatic hydroxyl groups is 1. The van der Waals surface area contributed by atoms with Crippen LogP contribution in [0.3, 0.4) is 0 Å². The average Bonchev–Trinajstić information content (AvgIpc) is 2.51. The zero-order valence-electron chi connectivity index (χ0n) is 12.9. The summed E-state index contributed by atoms with van der Waals surface area (Å²) in [6, 6.07) is 7.67. The third-order valence-electron chi connectivity index (χ3n) is 5.62. The third kappa shape index (κ3) is 3.41. The highest BCUT2D eigenvalue weighted by atomic mass is 16.3. The summed E-state index contributed by atoms with van der Waals surface area (Å²) in [6.45, 7) is 2.97. The number of hydrogen-bond acceptors (Lipinski definition) is 3. The Kier molecular flexibility index (Phi) is 4.51. The standard InChI is InChI=1S/C18H28N2O/c19-16-7-3-2-6-15(16)17(21)14-20-12-10-18(11-13-20)8-4-1-5-9-18/h2-3,6-7,17,21H,1,4-5,8-14,19H2. The highest BCUT2D eigenvalue weighted by molar-refractivity contribution is 5.47. The van der Waals surface area contributed by atoms with Crippen LogP contribution in [0.2, 0.25) is 0 Å². The summed E-state index contributed by atoms with van der Waals surface area (Å²) >= 11 is 0. The summed E-state index contributed by atoms with van der Waals surface area (Å²) in [5.41, 5.74) is 8.16. The lowest BCUT2D eigenvalue weighted by Crippen LogP contribution is -2.42. The van der Waals surface area contributed by atoms with E-state index in [-0.39, 0.29) is 0 Å². The fraction of sp³-hybridized carbons (Fsp3) is 0.667. The van der Waals surface area contributed by atoms with Gasteiger partial charge in [-0.3, -0.25) is 0 Å². The molecular formula is C18H28N2O. The van der Waals surface area contributed by atoms with Gasteiger partial charge in [0.15, 0.2) is 0 Å². The Bertz CT molecular complexity index is 458. The molecule has 1 aromatic rings. The smallest absolute Gasteiger partial charge is 0.0936 e. The molecule has 3 nitrogen and oxygen atoms in total. The molecule has 0 bridgehead atoms. The Balaban J connectivity index is 1.54. The SMILES string of the molecule is Nc1ccccc1C(O)CN1CCC2(CCCCC2)CC1. The molecule has 0 aromatic heterocycles. The van der Waals surface area contributed by atoms with E-state index in [1.54, 1.807) is 0 Å². The minimum Gasteiger partial charge on any atom is -0.398 e. The Morgan fingerprint density at radius 2 is 1.71 bits per heavy atom. The molecule has 1 saturated heterocycles. The first-order valence-corrected chi connectivity index (χ1v) is 8.43. The van der Waals surface area contributed by atoms with Crippen molar-refractivity contribution in [3.05, 3.63) is 29.8 Å². The van der Waals surface area contributed by atoms with Gasteiger partial charge >= 0.3 is 0 Å². The van der Waals surface area contributed by atoms with Crippen LogP contribution in [0.25, 0.3) is 0 Å². The molecular weight excluding hydrogens is 260 g/mol. The van der Waals surface area contributed by atoms with Gasteiger partial charge in [-0.2, -0.15) is 0 Å². The van der Waals surface area contributed by atoms with Crippen LogP contribution >= 0.6 is 0 Å². The fourth-order valence-electron chi connectivity index (χ4n) is 4.17. The number of rotatable bonds is 3. The molecule has 0 radical (unpaired) electrons. The van der Waals surface area contributed by atoms with E-state index < -0.39 is 6.10 Å². The van der Waals surface area contributed by atoms with Gasteiger partial charge < -0.3 is 15.7 Å². The number of β-amino-alcohol motifs (C(OH)–C–C–N with tert-alkyl or cyclic N) is 1. The molecule has 2 fully saturated rings. The molecule has 3 rings (SSSR count). The van der Waals surface area contributed by atoms with Gasteiger partial charge in [-0.1, -0.05) is 37.5 Å². The maximum atomic E-state index is 10.4. The second kappa shape index (κ2) is 6.37. The molecule has 3 N–H and O–H groups in total. The number of nitrogen functional groups attached to an aromatic ring is 1. The number of benzene rings is 1. The lowest BCUT2D eigenvalue weighted by molar-refractivity contribution is 0.0382. The zero-order chi connectivity index (χ0) is 14.7. The van der Waals surface area contributed by atoms with Crippen molar-refractivity contribution in [3.63, 3.8) is 0 Å². The second-order valence-electron chi connectivity index (χ2n) is 7.01. The highest BCUT2D eigenvalue weighted by Gasteiger charge is 2.35. The normalized spacial score (nSPS) is 24.0. The lowest BCUT2D eigenvalue weighted by Gasteiger charge is -2.44. The van der Waals surface area contributed by atoms with Crippen LogP contribution in [0.1, 0.15) is 56.6 Å². The Hall–Kier alpha value is -1.06. The van der Waals surface area contributed by atoms with Crippen molar-refractivity contribution in [1.29, 1.82) is 0 Å². The molecule has 1 saturated carbocycles. The average molecular weight is 288 g/mol. The van der Waals surface area contributed by atoms with Crippen molar-refractivity contribution in [1.82, 2.24) is 4.90 Å². The van der Waals surface area contributed by atoms with Gasteiger partial charge in [0.2, 0.25) is 0 Å². The van der Waals surface area contributed by atoms with Gasteiger partial charge in [0, 0.05) is 17.8 Å². The van der Waals surface area contributed by atoms with Gasteiger partial charge in [-0.15, -0.1) is 0 Å². The van der Waals surface area contributed by atoms with Crippen molar-refractivity contribution >= 4 is 5.69 Å². The van der Waals surface area contributed by atoms with E-state index in [1.165, 1.54) is 44.9 Å². The van der Waals surface area contributed by atoms with Gasteiger partial charge in [-0.05, 0) is 50.3 Å². The van der Waals surface area contributed by atoms with Crippen LogP contribution in [0.5, 0.6) is 0 Å². The van der Waals surface area contributed by atoms with E-state index in [2.05, 4.69) is 4.90 Å². The van der Waals surface area contributed by atoms with E-state index in [1.807, 2.05) is 24.3 Å². The number of nitrogens with two attached hydrogens (primary N) is 1. The number of aliphatic hydroxyl groups excluding tert-OH is 1. The summed E-state index contributed by atoms with van der Waals surface area (Å²) in [4.78, 5) is 2.41. The number of nitrogens with zero attached hydrogens (tertiary/aromatic N) is 1. The maximum absolute atomic E-state index is 10.4. The van der Waals surface area contributed by atoms with Gasteiger partial charge in [0.25, 0.3) is 0 Å². The van der Waals surface area contributed by atoms with E-state index in [0.717, 1.165) is 18.7 Å². The molecule has 1 heterocycles. The number of para-hydroxylation sites is 1. The summed E-state index contributed by atoms with van der Waals surface area (Å²) in [7, 11) is 0. The fourth-order valence-corrected chi connectivity index (χ4v) is 4.17. The summed E-state index contributed by atoms with van der Waals surface area (Å²) in [5, 5.41) is 10.4. The molecule has 1 aliphatic carbocycles. The van der Waals surface area contributed by atoms with Crippen molar-refractivity contribution in [2.75, 3.05) is 25.4 Å². The van der Waals surface area contributed by atoms with Crippen LogP contribution in [0.4, 0.5) is 5.69 Å². The van der Waals surface area contributed by atoms with E-state index >= 15 is 0 Å². The van der Waals surface area contributed by atoms with Crippen molar-refractivity contribution in [2.24, 2.45) is 5.41 Å². The molecule has 116 valence electrons. The van der Waals surface area contributed by atoms with Crippen molar-refractivity contribution in [3.8, 4) is 0 Å². The monoisotopic (exact) mass is 288 g/mol. The summed E-state index contributed by atoms with van der Waals surface area (Å²) < 4.78 is 0. The van der Waals surface area contributed by atoms with Gasteiger partial charge in [0.05, 0.1) is 6.10 Å². The zero-order valence-corrected chi connectivity index (χ0v) is 12.9. The number of likely N-dealkylation sites (tertiary alicyclic amines) is 1. The van der Waals surface area contributed by atoms with E-state index in [9.17, 15) is 5.11 Å². The lowest BCUT2D eigenvalue weighted by atomic mass is 9.68. The molecule has 1 atom stereocenters. The second-order valence-corrected chi connectivity index (χ2v) is 7.01. The van der Waals surface area contributed by atoms with Crippen LogP contribution in [-0.2, 0) is 0 Å². The highest BCUT2D eigenvalue weighted by Crippen LogP contribution is 2.44. The number of piperidine rings is 1. The topological polar surface area (TPSA) is 49.5 Å². The van der Waals surface area contributed by atoms with Gasteiger partial charge in [0.1, 0.15) is 0 Å². The molecule has 0 amide bonds. The van der Waals surface area contributed by atoms with Gasteiger partial charge in [-0.25, -0.2) is 0 Å². The largest absolute Gasteiger partial charge is 0.398 e. The van der Waals surface area contributed by atoms with Crippen molar-refractivity contribution < 1.29 is 5.11 Å². The van der Waals surface area contributed by atoms with Crippen LogP contribution in [-0.4, -0.2) is 29.6 Å². The molecule has 21 heavy (non-hydrogen) atoms. The Morgan fingerprint density at radius 1 is 1.05 bits per heavy atom. The molecule has 1 aliphatic heterocycles. The molecule has 1 spiro atoms. The minimum atomic E-state index is -0.466. The molecule has 1 unspecified atom stereocenters. The first kappa shape index (κ1) is 14.9. The van der Waals surface area contributed by atoms with E-state index in [4.69, 9.17) is 5.73 Å². The Labute approximate surface area is 128 Å². The Morgan fingerprint density at radius 3 is 2.38 bits per heavy atom. The predicted molar refractivity (Wildman–Crippen MR) is 87.0 cm³/mol.